The molecule has 10 heteroatoms. The van der Waals surface area contributed by atoms with E-state index in [1.165, 1.54) is 4.80 Å². The number of anilines is 1. The van der Waals surface area contributed by atoms with Crippen LogP contribution in [0.3, 0.4) is 0 Å². The lowest BCUT2D eigenvalue weighted by atomic mass is 9.90. The topological polar surface area (TPSA) is 98.1 Å². The quantitative estimate of drug-likeness (QED) is 0.627. The van der Waals surface area contributed by atoms with Crippen LogP contribution in [-0.4, -0.2) is 62.0 Å². The molecule has 3 heterocycles. The standard InChI is InChI=1S/C21H24ClN7O2/c1-14-4-3-9-28(19(14)13-25-21-23-11-15(22)12-24-21)20(30)17-6-5-16(31-2)10-18(17)29-26-7-8-27-29/h5-8,10-12,14,19H,3-4,9,13H2,1-2H3,(H,23,24,25)/t14-,19-/m1/s1. The van der Waals surface area contributed by atoms with Crippen molar-refractivity contribution in [1.29, 1.82) is 0 Å². The second-order valence-corrected chi connectivity index (χ2v) is 7.93. The van der Waals surface area contributed by atoms with Crippen molar-refractivity contribution in [1.82, 2.24) is 29.9 Å². The zero-order valence-electron chi connectivity index (χ0n) is 17.4. The molecule has 2 atom stereocenters. The zero-order chi connectivity index (χ0) is 21.8. The Kier molecular flexibility index (Phi) is 6.31. The SMILES string of the molecule is COc1ccc(C(=O)N2CCC[C@@H](C)[C@H]2CNc2ncc(Cl)cn2)c(-n2nccn2)c1. The predicted octanol–water partition coefficient (Wildman–Crippen LogP) is 3.07. The van der Waals surface area contributed by atoms with Crippen molar-refractivity contribution in [3.63, 3.8) is 0 Å². The highest BCUT2D eigenvalue weighted by atomic mass is 35.5. The van der Waals surface area contributed by atoms with Gasteiger partial charge in [0.25, 0.3) is 5.91 Å². The lowest BCUT2D eigenvalue weighted by Crippen LogP contribution is -2.51. The van der Waals surface area contributed by atoms with E-state index in [1.807, 2.05) is 4.90 Å². The van der Waals surface area contributed by atoms with Crippen molar-refractivity contribution in [3.8, 4) is 11.4 Å². The second kappa shape index (κ2) is 9.30. The number of amides is 1. The minimum atomic E-state index is -0.0645. The van der Waals surface area contributed by atoms with Crippen molar-refractivity contribution in [3.05, 3.63) is 53.6 Å². The van der Waals surface area contributed by atoms with Crippen LogP contribution in [0.1, 0.15) is 30.1 Å². The van der Waals surface area contributed by atoms with Crippen molar-refractivity contribution in [2.24, 2.45) is 5.92 Å². The van der Waals surface area contributed by atoms with Gasteiger partial charge in [-0.15, -0.1) is 0 Å². The molecule has 9 nitrogen and oxygen atoms in total. The van der Waals surface area contributed by atoms with E-state index in [2.05, 4.69) is 32.4 Å². The van der Waals surface area contributed by atoms with E-state index >= 15 is 0 Å². The molecule has 0 saturated carbocycles. The Morgan fingerprint density at radius 2 is 2.00 bits per heavy atom. The summed E-state index contributed by atoms with van der Waals surface area (Å²) in [7, 11) is 1.59. The highest BCUT2D eigenvalue weighted by Gasteiger charge is 2.33. The number of piperidine rings is 1. The Morgan fingerprint density at radius 1 is 1.26 bits per heavy atom. The number of hydrogen-bond acceptors (Lipinski definition) is 7. The highest BCUT2D eigenvalue weighted by Crippen LogP contribution is 2.28. The number of ether oxygens (including phenoxy) is 1. The molecule has 1 saturated heterocycles. The first-order chi connectivity index (χ1) is 15.1. The van der Waals surface area contributed by atoms with Gasteiger partial charge in [-0.25, -0.2) is 9.97 Å². The molecular formula is C21H24ClN7O2. The fourth-order valence-electron chi connectivity index (χ4n) is 3.89. The number of nitrogens with one attached hydrogen (secondary N) is 1. The van der Waals surface area contributed by atoms with Crippen LogP contribution < -0.4 is 10.1 Å². The van der Waals surface area contributed by atoms with Gasteiger partial charge in [0.1, 0.15) is 11.4 Å². The smallest absolute Gasteiger partial charge is 0.256 e. The van der Waals surface area contributed by atoms with Crippen LogP contribution in [0.4, 0.5) is 5.95 Å². The van der Waals surface area contributed by atoms with E-state index in [9.17, 15) is 4.79 Å². The number of methoxy groups -OCH3 is 1. The van der Waals surface area contributed by atoms with Crippen LogP contribution >= 0.6 is 11.6 Å². The Bertz CT molecular complexity index is 1030. The summed E-state index contributed by atoms with van der Waals surface area (Å²) in [5.74, 6) is 1.38. The monoisotopic (exact) mass is 441 g/mol. The molecule has 0 unspecified atom stereocenters. The average molecular weight is 442 g/mol. The maximum atomic E-state index is 13.7. The summed E-state index contributed by atoms with van der Waals surface area (Å²) in [6.45, 7) is 3.38. The summed E-state index contributed by atoms with van der Waals surface area (Å²) in [5, 5.41) is 12.1. The maximum Gasteiger partial charge on any atom is 0.256 e. The first-order valence-electron chi connectivity index (χ1n) is 10.1. The Balaban J connectivity index is 1.60. The van der Waals surface area contributed by atoms with Crippen molar-refractivity contribution >= 4 is 23.5 Å². The Hall–Kier alpha value is -3.20. The number of carbonyl (C=O) groups is 1. The van der Waals surface area contributed by atoms with Gasteiger partial charge in [0.2, 0.25) is 5.95 Å². The fraction of sp³-hybridized carbons (Fsp3) is 0.381. The van der Waals surface area contributed by atoms with E-state index in [0.29, 0.717) is 47.0 Å². The van der Waals surface area contributed by atoms with Gasteiger partial charge in [0, 0.05) is 19.2 Å². The number of likely N-dealkylation sites (tertiary alicyclic amines) is 1. The summed E-state index contributed by atoms with van der Waals surface area (Å²) >= 11 is 5.87. The van der Waals surface area contributed by atoms with Crippen LogP contribution in [0.2, 0.25) is 5.02 Å². The van der Waals surface area contributed by atoms with Crippen LogP contribution in [0.25, 0.3) is 5.69 Å². The molecule has 1 N–H and O–H groups in total. The summed E-state index contributed by atoms with van der Waals surface area (Å²) in [6, 6.07) is 5.31. The zero-order valence-corrected chi connectivity index (χ0v) is 18.2. The van der Waals surface area contributed by atoms with Gasteiger partial charge >= 0.3 is 0 Å². The maximum absolute atomic E-state index is 13.7. The molecule has 0 bridgehead atoms. The largest absolute Gasteiger partial charge is 0.497 e. The number of halogens is 1. The number of rotatable bonds is 6. The third-order valence-corrected chi connectivity index (χ3v) is 5.73. The number of aromatic nitrogens is 5. The molecule has 0 spiro atoms. The fourth-order valence-corrected chi connectivity index (χ4v) is 3.99. The molecule has 162 valence electrons. The number of carbonyl (C=O) groups excluding carboxylic acids is 1. The first kappa shape index (κ1) is 21.0. The molecule has 2 aromatic heterocycles. The summed E-state index contributed by atoms with van der Waals surface area (Å²) in [6.07, 6.45) is 8.25. The molecule has 0 aliphatic carbocycles. The van der Waals surface area contributed by atoms with Gasteiger partial charge in [0.15, 0.2) is 0 Å². The normalized spacial score (nSPS) is 18.6. The van der Waals surface area contributed by atoms with Crippen LogP contribution in [-0.2, 0) is 0 Å². The third-order valence-electron chi connectivity index (χ3n) is 5.54. The Labute approximate surface area is 185 Å². The molecule has 4 rings (SSSR count). The van der Waals surface area contributed by atoms with Gasteiger partial charge in [-0.3, -0.25) is 4.79 Å². The number of nitrogens with zero attached hydrogens (tertiary/aromatic N) is 6. The molecule has 1 aliphatic heterocycles. The van der Waals surface area contributed by atoms with Gasteiger partial charge < -0.3 is 15.0 Å². The average Bonchev–Trinajstić information content (AvgIpc) is 3.33. The number of hydrogen-bond donors (Lipinski definition) is 1. The van der Waals surface area contributed by atoms with Crippen LogP contribution in [0, 0.1) is 5.92 Å². The minimum Gasteiger partial charge on any atom is -0.497 e. The summed E-state index contributed by atoms with van der Waals surface area (Å²) in [5.41, 5.74) is 1.11. The van der Waals surface area contributed by atoms with Crippen molar-refractivity contribution in [2.45, 2.75) is 25.8 Å². The number of benzene rings is 1. The molecule has 0 radical (unpaired) electrons. The molecular weight excluding hydrogens is 418 g/mol. The van der Waals surface area contributed by atoms with E-state index in [1.54, 1.807) is 50.1 Å². The van der Waals surface area contributed by atoms with Gasteiger partial charge in [-0.05, 0) is 30.9 Å². The van der Waals surface area contributed by atoms with Crippen LogP contribution in [0.5, 0.6) is 5.75 Å². The van der Waals surface area contributed by atoms with E-state index in [-0.39, 0.29) is 11.9 Å². The van der Waals surface area contributed by atoms with Crippen LogP contribution in [0.15, 0.2) is 43.0 Å². The van der Waals surface area contributed by atoms with E-state index < -0.39 is 0 Å². The molecule has 1 aliphatic rings. The van der Waals surface area contributed by atoms with Gasteiger partial charge in [0.05, 0.1) is 48.5 Å². The van der Waals surface area contributed by atoms with E-state index in [4.69, 9.17) is 16.3 Å². The lowest BCUT2D eigenvalue weighted by Gasteiger charge is -2.40. The minimum absolute atomic E-state index is 0.0129. The molecule has 3 aromatic rings. The summed E-state index contributed by atoms with van der Waals surface area (Å²) < 4.78 is 5.34. The molecule has 1 amide bonds. The highest BCUT2D eigenvalue weighted by molar-refractivity contribution is 6.30. The lowest BCUT2D eigenvalue weighted by molar-refractivity contribution is 0.0539. The van der Waals surface area contributed by atoms with E-state index in [0.717, 1.165) is 12.8 Å². The Morgan fingerprint density at radius 3 is 2.71 bits per heavy atom. The second-order valence-electron chi connectivity index (χ2n) is 7.49. The molecule has 1 fully saturated rings. The van der Waals surface area contributed by atoms with Crippen molar-refractivity contribution in [2.75, 3.05) is 25.5 Å². The van der Waals surface area contributed by atoms with Crippen molar-refractivity contribution < 1.29 is 9.53 Å². The third kappa shape index (κ3) is 4.61. The molecule has 31 heavy (non-hydrogen) atoms. The van der Waals surface area contributed by atoms with Gasteiger partial charge in [-0.2, -0.15) is 15.0 Å². The predicted molar refractivity (Wildman–Crippen MR) is 117 cm³/mol. The molecule has 1 aromatic carbocycles. The first-order valence-corrected chi connectivity index (χ1v) is 10.5. The van der Waals surface area contributed by atoms with Gasteiger partial charge in [-0.1, -0.05) is 18.5 Å². The summed E-state index contributed by atoms with van der Waals surface area (Å²) in [4.78, 5) is 25.4.